The number of carbonyl (C=O) groups is 1. The predicted molar refractivity (Wildman–Crippen MR) is 101 cm³/mol. The van der Waals surface area contributed by atoms with E-state index in [1.54, 1.807) is 24.6 Å². The van der Waals surface area contributed by atoms with Crippen LogP contribution in [0.15, 0.2) is 47.3 Å². The van der Waals surface area contributed by atoms with Crippen LogP contribution in [0.25, 0.3) is 11.5 Å². The molecule has 0 radical (unpaired) electrons. The molecule has 1 saturated heterocycles. The molecular weight excluding hydrogens is 366 g/mol. The van der Waals surface area contributed by atoms with Gasteiger partial charge in [0.1, 0.15) is 18.1 Å². The van der Waals surface area contributed by atoms with E-state index < -0.39 is 0 Å². The minimum absolute atomic E-state index is 0.0143. The number of nitrogens with zero attached hydrogens (tertiary/aromatic N) is 4. The summed E-state index contributed by atoms with van der Waals surface area (Å²) in [4.78, 5) is 23.7. The van der Waals surface area contributed by atoms with Crippen molar-refractivity contribution < 1.29 is 9.21 Å². The number of aromatic nitrogens is 3. The van der Waals surface area contributed by atoms with Crippen LogP contribution in [-0.2, 0) is 18.3 Å². The maximum atomic E-state index is 12.9. The summed E-state index contributed by atoms with van der Waals surface area (Å²) in [6, 6.07) is 7.16. The Labute approximate surface area is 162 Å². The number of halogens is 1. The monoisotopic (exact) mass is 385 g/mol. The molecule has 2 aromatic heterocycles. The molecule has 1 aromatic carbocycles. The highest BCUT2D eigenvalue weighted by atomic mass is 35.5. The van der Waals surface area contributed by atoms with Crippen LogP contribution in [-0.4, -0.2) is 45.0 Å². The molecule has 0 spiro atoms. The van der Waals surface area contributed by atoms with Gasteiger partial charge in [-0.1, -0.05) is 11.6 Å². The van der Waals surface area contributed by atoms with Gasteiger partial charge in [-0.25, -0.2) is 9.97 Å². The van der Waals surface area contributed by atoms with E-state index in [2.05, 4.69) is 15.3 Å². The average Bonchev–Trinajstić information content (AvgIpc) is 3.31. The average molecular weight is 386 g/mol. The maximum absolute atomic E-state index is 12.9. The van der Waals surface area contributed by atoms with Gasteiger partial charge < -0.3 is 19.2 Å². The number of imidazole rings is 1. The molecule has 27 heavy (non-hydrogen) atoms. The largest absolute Gasteiger partial charge is 0.444 e. The van der Waals surface area contributed by atoms with Crippen molar-refractivity contribution in [2.24, 2.45) is 7.05 Å². The van der Waals surface area contributed by atoms with Gasteiger partial charge in [0.2, 0.25) is 11.8 Å². The van der Waals surface area contributed by atoms with Crippen molar-refractivity contribution >= 4 is 17.5 Å². The quantitative estimate of drug-likeness (QED) is 0.746. The zero-order valence-corrected chi connectivity index (χ0v) is 15.7. The first-order chi connectivity index (χ1) is 13.1. The van der Waals surface area contributed by atoms with Gasteiger partial charge in [-0.15, -0.1) is 0 Å². The van der Waals surface area contributed by atoms with Crippen molar-refractivity contribution in [3.8, 4) is 11.5 Å². The summed E-state index contributed by atoms with van der Waals surface area (Å²) in [5.41, 5.74) is 1.44. The zero-order chi connectivity index (χ0) is 18.8. The van der Waals surface area contributed by atoms with E-state index in [1.807, 2.05) is 34.8 Å². The standard InChI is InChI=1S/C19H20ClN5O2/c1-24-8-7-22-18(24)16-11-21-6-9-25(16)17(26)10-15-12-27-19(23-15)13-2-4-14(20)5-3-13/h2-5,7-8,12,16,21H,6,9-11H2,1H3. The van der Waals surface area contributed by atoms with Crippen LogP contribution in [0, 0.1) is 0 Å². The molecule has 140 valence electrons. The molecule has 0 bridgehead atoms. The van der Waals surface area contributed by atoms with Crippen molar-refractivity contribution in [1.82, 2.24) is 24.8 Å². The molecular formula is C19H20ClN5O2. The van der Waals surface area contributed by atoms with E-state index in [-0.39, 0.29) is 18.4 Å². The number of nitrogens with one attached hydrogen (secondary N) is 1. The Morgan fingerprint density at radius 1 is 1.37 bits per heavy atom. The molecule has 0 saturated carbocycles. The minimum atomic E-state index is -0.0890. The van der Waals surface area contributed by atoms with Crippen LogP contribution in [0.3, 0.4) is 0 Å². The van der Waals surface area contributed by atoms with Gasteiger partial charge in [-0.2, -0.15) is 0 Å². The molecule has 1 atom stereocenters. The smallest absolute Gasteiger partial charge is 0.229 e. The van der Waals surface area contributed by atoms with Crippen molar-refractivity contribution in [1.29, 1.82) is 0 Å². The number of hydrogen-bond acceptors (Lipinski definition) is 5. The molecule has 1 aliphatic rings. The summed E-state index contributed by atoms with van der Waals surface area (Å²) in [5.74, 6) is 1.37. The summed E-state index contributed by atoms with van der Waals surface area (Å²) in [7, 11) is 1.94. The highest BCUT2D eigenvalue weighted by Crippen LogP contribution is 2.23. The fourth-order valence-electron chi connectivity index (χ4n) is 3.30. The molecule has 1 fully saturated rings. The first-order valence-electron chi connectivity index (χ1n) is 8.79. The first-order valence-corrected chi connectivity index (χ1v) is 9.17. The molecule has 1 aliphatic heterocycles. The lowest BCUT2D eigenvalue weighted by Gasteiger charge is -2.35. The molecule has 4 rings (SSSR count). The fraction of sp³-hybridized carbons (Fsp3) is 0.316. The van der Waals surface area contributed by atoms with Gasteiger partial charge in [-0.05, 0) is 24.3 Å². The van der Waals surface area contributed by atoms with Crippen molar-refractivity contribution in [3.63, 3.8) is 0 Å². The Morgan fingerprint density at radius 3 is 2.93 bits per heavy atom. The second kappa shape index (κ2) is 7.54. The molecule has 1 amide bonds. The third-order valence-corrected chi connectivity index (χ3v) is 4.95. The van der Waals surface area contributed by atoms with E-state index >= 15 is 0 Å². The van der Waals surface area contributed by atoms with E-state index in [4.69, 9.17) is 16.0 Å². The molecule has 7 nitrogen and oxygen atoms in total. The van der Waals surface area contributed by atoms with Crippen molar-refractivity contribution in [2.75, 3.05) is 19.6 Å². The second-order valence-corrected chi connectivity index (χ2v) is 6.97. The summed E-state index contributed by atoms with van der Waals surface area (Å²) in [6.07, 6.45) is 5.38. The second-order valence-electron chi connectivity index (χ2n) is 6.53. The van der Waals surface area contributed by atoms with Crippen LogP contribution in [0.2, 0.25) is 5.02 Å². The van der Waals surface area contributed by atoms with Crippen molar-refractivity contribution in [3.05, 3.63) is 59.5 Å². The van der Waals surface area contributed by atoms with Crippen LogP contribution in [0.5, 0.6) is 0 Å². The number of amides is 1. The summed E-state index contributed by atoms with van der Waals surface area (Å²) < 4.78 is 7.49. The van der Waals surface area contributed by atoms with E-state index in [0.717, 1.165) is 17.9 Å². The van der Waals surface area contributed by atoms with Crippen LogP contribution in [0.4, 0.5) is 0 Å². The Bertz CT molecular complexity index is 934. The summed E-state index contributed by atoms with van der Waals surface area (Å²) in [5, 5.41) is 3.99. The van der Waals surface area contributed by atoms with Crippen molar-refractivity contribution in [2.45, 2.75) is 12.5 Å². The predicted octanol–water partition coefficient (Wildman–Crippen LogP) is 2.44. The highest BCUT2D eigenvalue weighted by Gasteiger charge is 2.30. The highest BCUT2D eigenvalue weighted by molar-refractivity contribution is 6.30. The molecule has 3 aromatic rings. The van der Waals surface area contributed by atoms with E-state index in [0.29, 0.717) is 29.7 Å². The van der Waals surface area contributed by atoms with Crippen LogP contribution in [0.1, 0.15) is 17.6 Å². The first kappa shape index (κ1) is 17.8. The lowest BCUT2D eigenvalue weighted by molar-refractivity contribution is -0.134. The number of oxazole rings is 1. The van der Waals surface area contributed by atoms with Gasteiger partial charge >= 0.3 is 0 Å². The minimum Gasteiger partial charge on any atom is -0.444 e. The molecule has 8 heteroatoms. The van der Waals surface area contributed by atoms with Gasteiger partial charge in [0.05, 0.1) is 12.1 Å². The fourth-order valence-corrected chi connectivity index (χ4v) is 3.43. The molecule has 0 aliphatic carbocycles. The Kier molecular flexibility index (Phi) is 4.96. The SMILES string of the molecule is Cn1ccnc1C1CNCCN1C(=O)Cc1coc(-c2ccc(Cl)cc2)n1. The van der Waals surface area contributed by atoms with Gasteiger partial charge in [0, 0.05) is 49.7 Å². The normalized spacial score (nSPS) is 17.3. The number of benzene rings is 1. The van der Waals surface area contributed by atoms with Gasteiger partial charge in [0.25, 0.3) is 0 Å². The third-order valence-electron chi connectivity index (χ3n) is 4.70. The number of carbonyl (C=O) groups excluding carboxylic acids is 1. The van der Waals surface area contributed by atoms with Gasteiger partial charge in [-0.3, -0.25) is 4.79 Å². The Hall–Kier alpha value is -2.64. The number of aryl methyl sites for hydroxylation is 1. The number of piperazine rings is 1. The Balaban J connectivity index is 1.49. The van der Waals surface area contributed by atoms with Crippen LogP contribution >= 0.6 is 11.6 Å². The van der Waals surface area contributed by atoms with Gasteiger partial charge in [0.15, 0.2) is 0 Å². The number of rotatable bonds is 4. The lowest BCUT2D eigenvalue weighted by Crippen LogP contribution is -2.49. The molecule has 3 heterocycles. The Morgan fingerprint density at radius 2 is 2.19 bits per heavy atom. The molecule has 1 unspecified atom stereocenters. The summed E-state index contributed by atoms with van der Waals surface area (Å²) >= 11 is 5.91. The van der Waals surface area contributed by atoms with E-state index in [9.17, 15) is 4.79 Å². The lowest BCUT2D eigenvalue weighted by atomic mass is 10.1. The molecule has 1 N–H and O–H groups in total. The third kappa shape index (κ3) is 3.74. The number of hydrogen-bond donors (Lipinski definition) is 1. The maximum Gasteiger partial charge on any atom is 0.229 e. The van der Waals surface area contributed by atoms with Crippen LogP contribution < -0.4 is 5.32 Å². The topological polar surface area (TPSA) is 76.2 Å². The zero-order valence-electron chi connectivity index (χ0n) is 14.9. The summed E-state index contributed by atoms with van der Waals surface area (Å²) in [6.45, 7) is 2.09. The van der Waals surface area contributed by atoms with E-state index in [1.165, 1.54) is 0 Å².